The topological polar surface area (TPSA) is 82.8 Å². The van der Waals surface area contributed by atoms with E-state index in [4.69, 9.17) is 10.3 Å². The highest BCUT2D eigenvalue weighted by molar-refractivity contribution is 5.18. The fourth-order valence-corrected chi connectivity index (χ4v) is 1.65. The van der Waals surface area contributed by atoms with Gasteiger partial charge < -0.3 is 10.3 Å². The highest BCUT2D eigenvalue weighted by atomic mass is 16.5. The quantitative estimate of drug-likeness (QED) is 0.874. The van der Waals surface area contributed by atoms with Crippen molar-refractivity contribution in [2.24, 2.45) is 5.73 Å². The smallest absolute Gasteiger partial charge is 0.229 e. The fourth-order valence-electron chi connectivity index (χ4n) is 1.65. The Hall–Kier alpha value is -1.69. The van der Waals surface area contributed by atoms with Gasteiger partial charge in [-0.15, -0.1) is 0 Å². The summed E-state index contributed by atoms with van der Waals surface area (Å²) in [6.45, 7) is 7.00. The number of nitrogens with zero attached hydrogens (tertiary/aromatic N) is 4. The molecular weight excluding hydrogens is 230 g/mol. The van der Waals surface area contributed by atoms with Gasteiger partial charge in [0.25, 0.3) is 0 Å². The van der Waals surface area contributed by atoms with Gasteiger partial charge in [0.15, 0.2) is 5.82 Å². The van der Waals surface area contributed by atoms with Crippen LogP contribution in [0, 0.1) is 0 Å². The van der Waals surface area contributed by atoms with Gasteiger partial charge in [-0.3, -0.25) is 4.68 Å². The van der Waals surface area contributed by atoms with E-state index in [1.165, 1.54) is 0 Å². The summed E-state index contributed by atoms with van der Waals surface area (Å²) in [7, 11) is 0. The van der Waals surface area contributed by atoms with Gasteiger partial charge in [-0.25, -0.2) is 0 Å². The van der Waals surface area contributed by atoms with E-state index in [0.29, 0.717) is 11.7 Å². The molecule has 1 atom stereocenters. The molecule has 0 aliphatic heterocycles. The molecule has 98 valence electrons. The predicted molar refractivity (Wildman–Crippen MR) is 66.9 cm³/mol. The Morgan fingerprint density at radius 3 is 2.83 bits per heavy atom. The third kappa shape index (κ3) is 2.59. The largest absolute Gasteiger partial charge is 0.339 e. The van der Waals surface area contributed by atoms with Gasteiger partial charge in [-0.2, -0.15) is 10.1 Å². The third-order valence-corrected chi connectivity index (χ3v) is 2.69. The number of nitrogens with two attached hydrogens (primary N) is 1. The molecule has 2 heterocycles. The molecule has 0 saturated heterocycles. The zero-order valence-corrected chi connectivity index (χ0v) is 11.0. The summed E-state index contributed by atoms with van der Waals surface area (Å²) in [4.78, 5) is 4.30. The lowest BCUT2D eigenvalue weighted by molar-refractivity contribution is 0.359. The molecule has 0 aromatic carbocycles. The highest BCUT2D eigenvalue weighted by Crippen LogP contribution is 2.19. The van der Waals surface area contributed by atoms with Crippen molar-refractivity contribution in [2.75, 3.05) is 0 Å². The van der Waals surface area contributed by atoms with E-state index >= 15 is 0 Å². The molecule has 0 amide bonds. The van der Waals surface area contributed by atoms with Crippen LogP contribution in [0.3, 0.4) is 0 Å². The van der Waals surface area contributed by atoms with Crippen molar-refractivity contribution in [1.29, 1.82) is 0 Å². The average molecular weight is 249 g/mol. The van der Waals surface area contributed by atoms with Crippen molar-refractivity contribution in [1.82, 2.24) is 19.9 Å². The first-order chi connectivity index (χ1) is 8.61. The lowest BCUT2D eigenvalue weighted by Crippen LogP contribution is -2.13. The first-order valence-corrected chi connectivity index (χ1v) is 6.23. The summed E-state index contributed by atoms with van der Waals surface area (Å²) >= 11 is 0. The fraction of sp³-hybridized carbons (Fsp3) is 0.583. The molecule has 0 saturated carbocycles. The Balaban J connectivity index is 2.15. The normalized spacial score (nSPS) is 13.2. The van der Waals surface area contributed by atoms with Crippen LogP contribution in [0.25, 0.3) is 0 Å². The first-order valence-electron chi connectivity index (χ1n) is 6.23. The van der Waals surface area contributed by atoms with Gasteiger partial charge in [-0.1, -0.05) is 25.9 Å². The molecule has 0 radical (unpaired) electrons. The summed E-state index contributed by atoms with van der Waals surface area (Å²) < 4.78 is 7.03. The number of aryl methyl sites for hydroxylation is 1. The molecule has 2 rings (SSSR count). The number of hydrogen-bond donors (Lipinski definition) is 1. The lowest BCUT2D eigenvalue weighted by atomic mass is 10.1. The Morgan fingerprint density at radius 2 is 2.22 bits per heavy atom. The van der Waals surface area contributed by atoms with Crippen LogP contribution in [0.5, 0.6) is 0 Å². The summed E-state index contributed by atoms with van der Waals surface area (Å²) in [6, 6.07) is -0.383. The molecule has 0 spiro atoms. The molecule has 1 unspecified atom stereocenters. The summed E-state index contributed by atoms with van der Waals surface area (Å²) in [5.74, 6) is 1.33. The second kappa shape index (κ2) is 5.30. The van der Waals surface area contributed by atoms with Crippen LogP contribution in [0.2, 0.25) is 0 Å². The summed E-state index contributed by atoms with van der Waals surface area (Å²) in [6.07, 6.45) is 4.72. The SMILES string of the molecule is CCCn1cc(C(N)c2noc(C(C)C)n2)cn1. The van der Waals surface area contributed by atoms with Crippen molar-refractivity contribution in [3.63, 3.8) is 0 Å². The van der Waals surface area contributed by atoms with Crippen LogP contribution >= 0.6 is 0 Å². The van der Waals surface area contributed by atoms with Crippen molar-refractivity contribution in [3.8, 4) is 0 Å². The maximum Gasteiger partial charge on any atom is 0.229 e. The van der Waals surface area contributed by atoms with Crippen molar-refractivity contribution in [2.45, 2.75) is 45.7 Å². The van der Waals surface area contributed by atoms with Crippen molar-refractivity contribution < 1.29 is 4.52 Å². The molecule has 2 aromatic heterocycles. The predicted octanol–water partition coefficient (Wildman–Crippen LogP) is 1.85. The minimum atomic E-state index is -0.383. The third-order valence-electron chi connectivity index (χ3n) is 2.69. The second-order valence-electron chi connectivity index (χ2n) is 4.66. The van der Waals surface area contributed by atoms with Crippen LogP contribution in [0.1, 0.15) is 56.4 Å². The zero-order chi connectivity index (χ0) is 13.1. The monoisotopic (exact) mass is 249 g/mol. The minimum absolute atomic E-state index is 0.210. The Bertz CT molecular complexity index is 502. The highest BCUT2D eigenvalue weighted by Gasteiger charge is 2.18. The Morgan fingerprint density at radius 1 is 1.44 bits per heavy atom. The van der Waals surface area contributed by atoms with Crippen LogP contribution < -0.4 is 5.73 Å². The number of hydrogen-bond acceptors (Lipinski definition) is 5. The molecule has 2 aromatic rings. The van der Waals surface area contributed by atoms with E-state index in [1.807, 2.05) is 24.7 Å². The first kappa shape index (κ1) is 12.8. The van der Waals surface area contributed by atoms with Crippen molar-refractivity contribution in [3.05, 3.63) is 29.7 Å². The van der Waals surface area contributed by atoms with E-state index in [0.717, 1.165) is 18.5 Å². The molecule has 6 nitrogen and oxygen atoms in total. The van der Waals surface area contributed by atoms with E-state index < -0.39 is 0 Å². The molecule has 18 heavy (non-hydrogen) atoms. The van der Waals surface area contributed by atoms with Gasteiger partial charge in [0, 0.05) is 24.2 Å². The molecular formula is C12H19N5O. The van der Waals surface area contributed by atoms with Crippen LogP contribution in [0.15, 0.2) is 16.9 Å². The number of aromatic nitrogens is 4. The van der Waals surface area contributed by atoms with Crippen molar-refractivity contribution >= 4 is 0 Å². The molecule has 0 bridgehead atoms. The maximum atomic E-state index is 6.10. The van der Waals surface area contributed by atoms with E-state index in [9.17, 15) is 0 Å². The Labute approximate surface area is 106 Å². The van der Waals surface area contributed by atoms with Gasteiger partial charge in [0.1, 0.15) is 0 Å². The Kier molecular flexibility index (Phi) is 3.76. The average Bonchev–Trinajstić information content (AvgIpc) is 2.97. The van der Waals surface area contributed by atoms with Gasteiger partial charge in [-0.05, 0) is 6.42 Å². The molecule has 0 fully saturated rings. The molecule has 6 heteroatoms. The van der Waals surface area contributed by atoms with Crippen LogP contribution in [-0.2, 0) is 6.54 Å². The number of rotatable bonds is 5. The van der Waals surface area contributed by atoms with Gasteiger partial charge in [0.2, 0.25) is 5.89 Å². The maximum absolute atomic E-state index is 6.10. The minimum Gasteiger partial charge on any atom is -0.339 e. The van der Waals surface area contributed by atoms with Gasteiger partial charge in [0.05, 0.1) is 12.2 Å². The van der Waals surface area contributed by atoms with Crippen LogP contribution in [0.4, 0.5) is 0 Å². The summed E-state index contributed by atoms with van der Waals surface area (Å²) in [5.41, 5.74) is 7.00. The van der Waals surface area contributed by atoms with Gasteiger partial charge >= 0.3 is 0 Å². The molecule has 0 aliphatic carbocycles. The van der Waals surface area contributed by atoms with E-state index in [2.05, 4.69) is 22.2 Å². The second-order valence-corrected chi connectivity index (χ2v) is 4.66. The summed E-state index contributed by atoms with van der Waals surface area (Å²) in [5, 5.41) is 8.17. The lowest BCUT2D eigenvalue weighted by Gasteiger charge is -2.02. The standard InChI is InChI=1S/C12H19N5O/c1-4-5-17-7-9(6-14-17)10(13)11-15-12(8(2)3)18-16-11/h6-8,10H,4-5,13H2,1-3H3. The molecule has 2 N–H and O–H groups in total. The molecule has 0 aliphatic rings. The zero-order valence-electron chi connectivity index (χ0n) is 11.0. The van der Waals surface area contributed by atoms with E-state index in [-0.39, 0.29) is 12.0 Å². The van der Waals surface area contributed by atoms with Crippen LogP contribution in [-0.4, -0.2) is 19.9 Å². The van der Waals surface area contributed by atoms with E-state index in [1.54, 1.807) is 6.20 Å².